The number of primary amides is 1. The molecule has 0 saturated heterocycles. The summed E-state index contributed by atoms with van der Waals surface area (Å²) in [4.78, 5) is 90.9. The summed E-state index contributed by atoms with van der Waals surface area (Å²) in [6, 6.07) is 29.7. The topological polar surface area (TPSA) is 174 Å². The third-order valence-corrected chi connectivity index (χ3v) is 18.5. The first-order chi connectivity index (χ1) is 39.0. The van der Waals surface area contributed by atoms with E-state index in [1.165, 1.54) is 9.80 Å². The Kier molecular flexibility index (Phi) is 10.9. The van der Waals surface area contributed by atoms with Crippen LogP contribution in [0.4, 0.5) is 11.4 Å². The van der Waals surface area contributed by atoms with E-state index in [1.807, 2.05) is 83.1 Å². The summed E-state index contributed by atoms with van der Waals surface area (Å²) in [5.74, 6) is -3.10. The number of hydrogen-bond donors (Lipinski definition) is 2. The van der Waals surface area contributed by atoms with E-state index in [9.17, 15) is 14.7 Å². The number of benzene rings is 9. The Morgan fingerprint density at radius 3 is 0.964 bits per heavy atom. The van der Waals surface area contributed by atoms with Gasteiger partial charge in [0, 0.05) is 66.1 Å². The Hall–Kier alpha value is -8.90. The van der Waals surface area contributed by atoms with Crippen molar-refractivity contribution < 1.29 is 43.3 Å². The summed E-state index contributed by atoms with van der Waals surface area (Å²) in [5, 5.41) is 15.9. The molecule has 3 N–H and O–H groups in total. The first-order valence-electron chi connectivity index (χ1n) is 28.7. The van der Waals surface area contributed by atoms with Gasteiger partial charge in [-0.25, -0.2) is 14.6 Å². The summed E-state index contributed by atoms with van der Waals surface area (Å²) in [7, 11) is 0. The van der Waals surface area contributed by atoms with Gasteiger partial charge in [-0.15, -0.1) is 0 Å². The molecule has 4 heterocycles. The first-order valence-corrected chi connectivity index (χ1v) is 28.7. The van der Waals surface area contributed by atoms with Gasteiger partial charge in [0.2, 0.25) is 0 Å². The van der Waals surface area contributed by atoms with Crippen molar-refractivity contribution in [1.82, 2.24) is 0 Å². The fraction of sp³-hybridized carbons (Fsp3) is 0.306. The summed E-state index contributed by atoms with van der Waals surface area (Å²) in [6.07, 6.45) is 0. The Bertz CT molecular complexity index is 4210. The molecule has 0 radical (unpaired) electrons. The molecule has 0 spiro atoms. The molecule has 12 nitrogen and oxygen atoms in total. The van der Waals surface area contributed by atoms with Crippen LogP contribution in [-0.2, 0) is 32.5 Å². The minimum atomic E-state index is -1.16. The van der Waals surface area contributed by atoms with Gasteiger partial charge in [-0.3, -0.25) is 24.0 Å². The summed E-state index contributed by atoms with van der Waals surface area (Å²) >= 11 is 0. The lowest BCUT2D eigenvalue weighted by molar-refractivity contribution is 0.0691. The molecule has 424 valence electrons. The maximum atomic E-state index is 15.5. The number of aromatic carboxylic acids is 1. The predicted molar refractivity (Wildman–Crippen MR) is 330 cm³/mol. The monoisotopic (exact) mass is 1120 g/mol. The lowest BCUT2D eigenvalue weighted by Gasteiger charge is -2.40. The van der Waals surface area contributed by atoms with Gasteiger partial charge in [-0.05, 0) is 125 Å². The van der Waals surface area contributed by atoms with Crippen LogP contribution in [0.5, 0.6) is 23.0 Å². The molecule has 0 aliphatic carbocycles. The van der Waals surface area contributed by atoms with Crippen LogP contribution in [0.25, 0.3) is 43.1 Å². The highest BCUT2D eigenvalue weighted by atomic mass is 16.5. The van der Waals surface area contributed by atoms with Crippen molar-refractivity contribution in [2.24, 2.45) is 5.73 Å². The molecule has 4 aliphatic rings. The normalized spacial score (nSPS) is 16.2. The number of nitrogens with zero attached hydrogens (tertiary/aromatic N) is 2. The van der Waals surface area contributed by atoms with E-state index in [1.54, 1.807) is 36.4 Å². The SMILES string of the molecule is CC(C)(C)c1cc(C(N)=O)c2c(c1)C(C)(C)c1cc(C(C)(C)C)cc(N3C(=O)c4ccc5c6ccc7c8c(ccc(c9ccc(c4c59)C3=O)c86)C(=O)N(c3cc(C(C)(C)C)cc4c3Oc3c(C(=O)O)cc(C(C)(C)C)cc3C4(C)C)C7=O)c1O2. The van der Waals surface area contributed by atoms with Gasteiger partial charge >= 0.3 is 5.97 Å². The number of imide groups is 2. The van der Waals surface area contributed by atoms with Crippen LogP contribution in [0, 0.1) is 0 Å². The molecule has 0 aromatic heterocycles. The standard InChI is InChI=1S/C72H67N3O9/c1-67(2,3)33-25-45(61(73)76)57-47(27-33)71(13,14)49-29-35(69(7,8)9)31-51(59(49)83-57)74-62(77)41-21-17-37-39-19-23-43-56-44(24-20-40(54(39)56)38-18-22-42(63(74)78)55(41)53(37)38)65(80)75(64(43)79)52-32-36(70(10,11)12)30-50-60(52)84-58-46(66(81)82)26-34(68(4,5)6)28-48(58)72(50,15)16/h17-32H,1-16H3,(H2,73,76)(H,81,82). The number of anilines is 2. The maximum absolute atomic E-state index is 15.5. The van der Waals surface area contributed by atoms with E-state index in [0.29, 0.717) is 43.8 Å². The number of rotatable bonds is 4. The van der Waals surface area contributed by atoms with E-state index in [-0.39, 0.29) is 67.5 Å². The number of hydrogen-bond acceptors (Lipinski definition) is 8. The molecule has 84 heavy (non-hydrogen) atoms. The quantitative estimate of drug-likeness (QED) is 0.0987. The number of ether oxygens (including phenoxy) is 2. The van der Waals surface area contributed by atoms with Crippen LogP contribution in [-0.4, -0.2) is 40.6 Å². The third-order valence-electron chi connectivity index (χ3n) is 18.5. The van der Waals surface area contributed by atoms with Gasteiger partial charge in [0.15, 0.2) is 11.5 Å². The van der Waals surface area contributed by atoms with E-state index in [2.05, 4.69) is 88.3 Å². The van der Waals surface area contributed by atoms with E-state index >= 15 is 19.2 Å². The average Bonchev–Trinajstić information content (AvgIpc) is 0.817. The second-order valence-corrected chi connectivity index (χ2v) is 28.7. The van der Waals surface area contributed by atoms with Crippen molar-refractivity contribution in [2.45, 2.75) is 143 Å². The van der Waals surface area contributed by atoms with Crippen LogP contribution >= 0.6 is 0 Å². The van der Waals surface area contributed by atoms with Crippen molar-refractivity contribution in [3.05, 3.63) is 175 Å². The Morgan fingerprint density at radius 2 is 0.679 bits per heavy atom. The molecule has 4 aliphatic heterocycles. The molecule has 12 heteroatoms. The number of carbonyl (C=O) groups is 6. The largest absolute Gasteiger partial charge is 0.478 e. The van der Waals surface area contributed by atoms with Crippen molar-refractivity contribution in [2.75, 3.05) is 9.80 Å². The smallest absolute Gasteiger partial charge is 0.339 e. The van der Waals surface area contributed by atoms with Crippen molar-refractivity contribution in [3.8, 4) is 23.0 Å². The molecule has 9 aromatic carbocycles. The average molecular weight is 1120 g/mol. The highest BCUT2D eigenvalue weighted by molar-refractivity contribution is 6.45. The molecule has 0 atom stereocenters. The zero-order valence-corrected chi connectivity index (χ0v) is 50.4. The van der Waals surface area contributed by atoms with Gasteiger partial charge in [-0.1, -0.05) is 159 Å². The van der Waals surface area contributed by atoms with Gasteiger partial charge in [0.25, 0.3) is 29.5 Å². The number of carboxylic acid groups (broad SMARTS) is 1. The molecular formula is C72H67N3O9. The fourth-order valence-electron chi connectivity index (χ4n) is 13.4. The van der Waals surface area contributed by atoms with Gasteiger partial charge < -0.3 is 20.3 Å². The molecule has 0 bridgehead atoms. The van der Waals surface area contributed by atoms with Crippen LogP contribution < -0.4 is 25.0 Å². The highest BCUT2D eigenvalue weighted by Crippen LogP contribution is 2.58. The number of carbonyl (C=O) groups excluding carboxylic acids is 5. The fourth-order valence-corrected chi connectivity index (χ4v) is 13.4. The Balaban J connectivity index is 0.959. The third kappa shape index (κ3) is 7.37. The molecule has 13 rings (SSSR count). The second kappa shape index (κ2) is 16.9. The number of fused-ring (bicyclic) bond motifs is 6. The number of nitrogens with two attached hydrogens (primary N) is 1. The van der Waals surface area contributed by atoms with Crippen LogP contribution in [0.3, 0.4) is 0 Å². The Morgan fingerprint density at radius 1 is 0.405 bits per heavy atom. The molecule has 5 amide bonds. The minimum Gasteiger partial charge on any atom is -0.478 e. The van der Waals surface area contributed by atoms with Crippen LogP contribution in [0.2, 0.25) is 0 Å². The highest BCUT2D eigenvalue weighted by Gasteiger charge is 2.47. The molecule has 0 unspecified atom stereocenters. The van der Waals surface area contributed by atoms with Crippen molar-refractivity contribution in [1.29, 1.82) is 0 Å². The summed E-state index contributed by atoms with van der Waals surface area (Å²) < 4.78 is 13.7. The van der Waals surface area contributed by atoms with Gasteiger partial charge in [0.1, 0.15) is 17.1 Å². The summed E-state index contributed by atoms with van der Waals surface area (Å²) in [6.45, 7) is 32.9. The molecule has 0 fully saturated rings. The maximum Gasteiger partial charge on any atom is 0.339 e. The zero-order valence-electron chi connectivity index (χ0n) is 50.4. The van der Waals surface area contributed by atoms with Gasteiger partial charge in [0.05, 0.1) is 16.9 Å². The number of amides is 5. The lowest BCUT2D eigenvalue weighted by atomic mass is 9.71. The Labute approximate surface area is 487 Å². The van der Waals surface area contributed by atoms with E-state index in [4.69, 9.17) is 15.2 Å². The van der Waals surface area contributed by atoms with E-state index in [0.717, 1.165) is 54.9 Å². The van der Waals surface area contributed by atoms with Gasteiger partial charge in [-0.2, -0.15) is 0 Å². The van der Waals surface area contributed by atoms with Crippen molar-refractivity contribution in [3.63, 3.8) is 0 Å². The van der Waals surface area contributed by atoms with Crippen LogP contribution in [0.15, 0.2) is 97.1 Å². The number of carboxylic acids is 1. The first kappa shape index (κ1) is 54.4. The van der Waals surface area contributed by atoms with E-state index < -0.39 is 57.2 Å². The summed E-state index contributed by atoms with van der Waals surface area (Å²) in [5.41, 5.74) is 11.1. The van der Waals surface area contributed by atoms with Crippen LogP contribution in [0.1, 0.15) is 217 Å². The predicted octanol–water partition coefficient (Wildman–Crippen LogP) is 16.2. The molecule has 0 saturated carbocycles. The molecular weight excluding hydrogens is 1050 g/mol. The zero-order chi connectivity index (χ0) is 60.5. The minimum absolute atomic E-state index is 0.0136. The lowest BCUT2D eigenvalue weighted by Crippen LogP contribution is -2.41. The molecule has 9 aromatic rings. The second-order valence-electron chi connectivity index (χ2n) is 28.7. The van der Waals surface area contributed by atoms with Crippen molar-refractivity contribution >= 4 is 90.0 Å².